The first-order valence-corrected chi connectivity index (χ1v) is 10.0. The van der Waals surface area contributed by atoms with Gasteiger partial charge in [0, 0.05) is 12.8 Å². The lowest BCUT2D eigenvalue weighted by Crippen LogP contribution is -2.53. The number of hydrogen-bond donors (Lipinski definition) is 2. The number of hydrogen-bond acceptors (Lipinski definition) is 5. The molecule has 2 N–H and O–H groups in total. The van der Waals surface area contributed by atoms with Crippen molar-refractivity contribution in [3.8, 4) is 0 Å². The Labute approximate surface area is 176 Å². The second-order valence-electron chi connectivity index (χ2n) is 6.61. The van der Waals surface area contributed by atoms with Crippen LogP contribution in [0.3, 0.4) is 0 Å². The Morgan fingerprint density at radius 1 is 0.700 bits per heavy atom. The second-order valence-corrected chi connectivity index (χ2v) is 6.61. The average molecular weight is 412 g/mol. The topological polar surface area (TPSA) is 93.7 Å². The summed E-state index contributed by atoms with van der Waals surface area (Å²) in [5.41, 5.74) is 1.75. The van der Waals surface area contributed by atoms with Crippen molar-refractivity contribution in [1.29, 1.82) is 0 Å². The molecule has 0 aliphatic heterocycles. The van der Waals surface area contributed by atoms with Gasteiger partial charge in [-0.3, -0.25) is 0 Å². The van der Waals surface area contributed by atoms with Crippen molar-refractivity contribution in [2.75, 3.05) is 13.2 Å². The highest BCUT2D eigenvalue weighted by Gasteiger charge is 2.27. The van der Waals surface area contributed by atoms with Gasteiger partial charge in [0.1, 0.15) is 12.1 Å². The number of ether oxygens (including phenoxy) is 2. The molecule has 2 rings (SSSR count). The summed E-state index contributed by atoms with van der Waals surface area (Å²) in [6.07, 6.45) is 0.547. The van der Waals surface area contributed by atoms with Crippen molar-refractivity contribution in [2.45, 2.75) is 38.8 Å². The molecule has 0 unspecified atom stereocenters. The van der Waals surface area contributed by atoms with Crippen LogP contribution in [0.2, 0.25) is 0 Å². The summed E-state index contributed by atoms with van der Waals surface area (Å²) in [6, 6.07) is 16.2. The van der Waals surface area contributed by atoms with Gasteiger partial charge in [-0.05, 0) is 25.0 Å². The van der Waals surface area contributed by atoms with Crippen LogP contribution in [0.25, 0.3) is 0 Å². The van der Waals surface area contributed by atoms with E-state index in [0.717, 1.165) is 11.1 Å². The summed E-state index contributed by atoms with van der Waals surface area (Å²) in [4.78, 5) is 37.3. The van der Waals surface area contributed by atoms with Crippen molar-refractivity contribution in [3.63, 3.8) is 0 Å². The van der Waals surface area contributed by atoms with Gasteiger partial charge < -0.3 is 20.1 Å². The molecular formula is C23H28N2O5. The predicted octanol–water partition coefficient (Wildman–Crippen LogP) is 2.63. The van der Waals surface area contributed by atoms with Crippen LogP contribution in [0, 0.1) is 0 Å². The van der Waals surface area contributed by atoms with Crippen LogP contribution < -0.4 is 10.6 Å². The van der Waals surface area contributed by atoms with Crippen LogP contribution in [0.5, 0.6) is 0 Å². The van der Waals surface area contributed by atoms with E-state index in [-0.39, 0.29) is 26.1 Å². The first-order valence-electron chi connectivity index (χ1n) is 10.0. The molecule has 7 heteroatoms. The Kier molecular flexibility index (Phi) is 9.37. The maximum absolute atomic E-state index is 12.6. The first-order chi connectivity index (χ1) is 14.5. The molecule has 0 aliphatic rings. The third kappa shape index (κ3) is 7.58. The minimum Gasteiger partial charge on any atom is -0.464 e. The lowest BCUT2D eigenvalue weighted by molar-refractivity contribution is -0.145. The Morgan fingerprint density at radius 2 is 1.07 bits per heavy atom. The number of carbonyl (C=O) groups is 3. The largest absolute Gasteiger partial charge is 0.464 e. The van der Waals surface area contributed by atoms with E-state index in [9.17, 15) is 14.4 Å². The number of nitrogens with one attached hydrogen (secondary N) is 2. The Bertz CT molecular complexity index is 743. The van der Waals surface area contributed by atoms with Crippen molar-refractivity contribution in [2.24, 2.45) is 0 Å². The summed E-state index contributed by atoms with van der Waals surface area (Å²) in [6.45, 7) is 3.81. The molecule has 2 aromatic rings. The van der Waals surface area contributed by atoms with Crippen molar-refractivity contribution in [1.82, 2.24) is 10.6 Å². The van der Waals surface area contributed by atoms with Gasteiger partial charge in [0.05, 0.1) is 13.2 Å². The van der Waals surface area contributed by atoms with E-state index in [1.165, 1.54) is 0 Å². The number of carbonyl (C=O) groups excluding carboxylic acids is 3. The maximum atomic E-state index is 12.6. The van der Waals surface area contributed by atoms with E-state index in [1.54, 1.807) is 13.8 Å². The molecule has 0 spiro atoms. The van der Waals surface area contributed by atoms with E-state index in [2.05, 4.69) is 10.6 Å². The molecule has 0 heterocycles. The lowest BCUT2D eigenvalue weighted by Gasteiger charge is -2.21. The fraction of sp³-hybridized carbons (Fsp3) is 0.348. The number of urea groups is 1. The normalized spacial score (nSPS) is 12.3. The van der Waals surface area contributed by atoms with Gasteiger partial charge in [0.15, 0.2) is 0 Å². The van der Waals surface area contributed by atoms with Crippen molar-refractivity contribution in [3.05, 3.63) is 71.8 Å². The maximum Gasteiger partial charge on any atom is 0.329 e. The zero-order valence-electron chi connectivity index (χ0n) is 17.3. The highest BCUT2D eigenvalue weighted by Crippen LogP contribution is 2.07. The Hall–Kier alpha value is -3.35. The molecule has 0 saturated heterocycles. The number of rotatable bonds is 10. The van der Waals surface area contributed by atoms with Gasteiger partial charge >= 0.3 is 18.0 Å². The molecule has 0 aromatic heterocycles. The van der Waals surface area contributed by atoms with Gasteiger partial charge in [0.25, 0.3) is 0 Å². The van der Waals surface area contributed by atoms with Crippen LogP contribution in [0.15, 0.2) is 60.7 Å². The molecule has 0 aliphatic carbocycles. The number of amides is 2. The van der Waals surface area contributed by atoms with Gasteiger partial charge in [-0.2, -0.15) is 0 Å². The summed E-state index contributed by atoms with van der Waals surface area (Å²) in [5, 5.41) is 5.26. The van der Waals surface area contributed by atoms with Gasteiger partial charge in [-0.25, -0.2) is 14.4 Å². The lowest BCUT2D eigenvalue weighted by atomic mass is 10.1. The van der Waals surface area contributed by atoms with Crippen LogP contribution in [0.1, 0.15) is 25.0 Å². The SMILES string of the molecule is CCOC(=O)[C@H](Cc1ccccc1)NC(=O)N[C@@H](Cc1ccccc1)C(=O)OCC. The van der Waals surface area contributed by atoms with Crippen LogP contribution >= 0.6 is 0 Å². The minimum atomic E-state index is -0.882. The standard InChI is InChI=1S/C23H28N2O5/c1-3-29-21(26)19(15-17-11-7-5-8-12-17)24-23(28)25-20(22(27)30-4-2)16-18-13-9-6-10-14-18/h5-14,19-20H,3-4,15-16H2,1-2H3,(H2,24,25,28)/t19-,20-/m0/s1. The molecule has 2 aromatic carbocycles. The summed E-state index contributed by atoms with van der Waals surface area (Å²) in [7, 11) is 0. The molecular weight excluding hydrogens is 384 g/mol. The zero-order valence-corrected chi connectivity index (χ0v) is 17.3. The monoisotopic (exact) mass is 412 g/mol. The van der Waals surface area contributed by atoms with Crippen LogP contribution in [-0.2, 0) is 31.9 Å². The van der Waals surface area contributed by atoms with Gasteiger partial charge in [-0.1, -0.05) is 60.7 Å². The molecule has 0 radical (unpaired) electrons. The van der Waals surface area contributed by atoms with E-state index < -0.39 is 30.1 Å². The molecule has 160 valence electrons. The van der Waals surface area contributed by atoms with E-state index in [4.69, 9.17) is 9.47 Å². The number of esters is 2. The third-order valence-electron chi connectivity index (χ3n) is 4.32. The zero-order chi connectivity index (χ0) is 21.8. The van der Waals surface area contributed by atoms with Gasteiger partial charge in [0.2, 0.25) is 0 Å². The van der Waals surface area contributed by atoms with Crippen LogP contribution in [-0.4, -0.2) is 43.3 Å². The molecule has 2 atom stereocenters. The highest BCUT2D eigenvalue weighted by molar-refractivity contribution is 5.87. The fourth-order valence-corrected chi connectivity index (χ4v) is 2.93. The summed E-state index contributed by atoms with van der Waals surface area (Å²) < 4.78 is 10.2. The highest BCUT2D eigenvalue weighted by atomic mass is 16.5. The smallest absolute Gasteiger partial charge is 0.329 e. The molecule has 0 saturated carbocycles. The van der Waals surface area contributed by atoms with Crippen LogP contribution in [0.4, 0.5) is 4.79 Å². The summed E-state index contributed by atoms with van der Waals surface area (Å²) in [5.74, 6) is -1.07. The van der Waals surface area contributed by atoms with Crippen molar-refractivity contribution < 1.29 is 23.9 Å². The van der Waals surface area contributed by atoms with E-state index in [1.807, 2.05) is 60.7 Å². The van der Waals surface area contributed by atoms with E-state index >= 15 is 0 Å². The van der Waals surface area contributed by atoms with E-state index in [0.29, 0.717) is 0 Å². The average Bonchev–Trinajstić information content (AvgIpc) is 2.74. The molecule has 7 nitrogen and oxygen atoms in total. The molecule has 0 bridgehead atoms. The minimum absolute atomic E-state index is 0.201. The second kappa shape index (κ2) is 12.3. The Morgan fingerprint density at radius 3 is 1.40 bits per heavy atom. The third-order valence-corrected chi connectivity index (χ3v) is 4.32. The van der Waals surface area contributed by atoms with Crippen molar-refractivity contribution >= 4 is 18.0 Å². The fourth-order valence-electron chi connectivity index (χ4n) is 2.93. The summed E-state index contributed by atoms with van der Waals surface area (Å²) >= 11 is 0. The van der Waals surface area contributed by atoms with Gasteiger partial charge in [-0.15, -0.1) is 0 Å². The number of benzene rings is 2. The predicted molar refractivity (Wildman–Crippen MR) is 113 cm³/mol. The first kappa shape index (κ1) is 22.9. The molecule has 30 heavy (non-hydrogen) atoms. The quantitative estimate of drug-likeness (QED) is 0.585. The molecule has 0 fully saturated rings. The molecule has 2 amide bonds. The Balaban J connectivity index is 2.08.